The van der Waals surface area contributed by atoms with Gasteiger partial charge in [0.05, 0.1) is 6.54 Å². The fraction of sp³-hybridized carbons (Fsp3) is 0.529. The van der Waals surface area contributed by atoms with Crippen LogP contribution < -0.4 is 21.7 Å². The molecule has 23 heavy (non-hydrogen) atoms. The van der Waals surface area contributed by atoms with Crippen LogP contribution in [-0.2, 0) is 11.3 Å². The molecular formula is C17H26N4O2. The Morgan fingerprint density at radius 2 is 1.91 bits per heavy atom. The molecule has 5 N–H and O–H groups in total. The minimum Gasteiger partial charge on any atom is -0.335 e. The van der Waals surface area contributed by atoms with Gasteiger partial charge in [-0.15, -0.1) is 0 Å². The zero-order valence-corrected chi connectivity index (χ0v) is 13.7. The lowest BCUT2D eigenvalue weighted by atomic mass is 9.96. The molecule has 0 aromatic heterocycles. The summed E-state index contributed by atoms with van der Waals surface area (Å²) in [6.45, 7) is 2.32. The van der Waals surface area contributed by atoms with Gasteiger partial charge < -0.3 is 21.7 Å². The number of benzene rings is 1. The van der Waals surface area contributed by atoms with Crippen molar-refractivity contribution in [2.45, 2.75) is 51.6 Å². The maximum Gasteiger partial charge on any atom is 0.315 e. The van der Waals surface area contributed by atoms with Gasteiger partial charge in [0.2, 0.25) is 5.91 Å². The lowest BCUT2D eigenvalue weighted by molar-refractivity contribution is -0.115. The third-order valence-corrected chi connectivity index (χ3v) is 4.01. The first-order chi connectivity index (χ1) is 11.1. The molecule has 0 unspecified atom stereocenters. The molecule has 6 heteroatoms. The molecular weight excluding hydrogens is 292 g/mol. The predicted molar refractivity (Wildman–Crippen MR) is 91.1 cm³/mol. The van der Waals surface area contributed by atoms with Crippen molar-refractivity contribution in [3.8, 4) is 0 Å². The van der Waals surface area contributed by atoms with Crippen molar-refractivity contribution >= 4 is 17.6 Å². The molecule has 1 saturated carbocycles. The molecule has 3 amide bonds. The zero-order valence-electron chi connectivity index (χ0n) is 13.7. The first-order valence-electron chi connectivity index (χ1n) is 8.21. The molecule has 0 atom stereocenters. The smallest absolute Gasteiger partial charge is 0.315 e. The first kappa shape index (κ1) is 17.3. The molecule has 126 valence electrons. The van der Waals surface area contributed by atoms with E-state index in [0.29, 0.717) is 12.2 Å². The number of hydrogen-bond donors (Lipinski definition) is 4. The average molecular weight is 318 g/mol. The highest BCUT2D eigenvalue weighted by Gasteiger charge is 2.15. The Hall–Kier alpha value is -2.08. The fourth-order valence-corrected chi connectivity index (χ4v) is 2.90. The Balaban J connectivity index is 1.76. The number of carbonyl (C=O) groups excluding carboxylic acids is 2. The van der Waals surface area contributed by atoms with Gasteiger partial charge in [0, 0.05) is 18.3 Å². The van der Waals surface area contributed by atoms with Crippen LogP contribution in [0.25, 0.3) is 0 Å². The van der Waals surface area contributed by atoms with E-state index >= 15 is 0 Å². The number of nitrogens with one attached hydrogen (secondary N) is 3. The predicted octanol–water partition coefficient (Wildman–Crippen LogP) is 2.02. The first-order valence-corrected chi connectivity index (χ1v) is 8.21. The lowest BCUT2D eigenvalue weighted by Crippen LogP contribution is -2.45. The van der Waals surface area contributed by atoms with Crippen LogP contribution in [0.3, 0.4) is 0 Å². The van der Waals surface area contributed by atoms with Gasteiger partial charge in [0.15, 0.2) is 0 Å². The zero-order chi connectivity index (χ0) is 16.7. The largest absolute Gasteiger partial charge is 0.335 e. The van der Waals surface area contributed by atoms with E-state index < -0.39 is 0 Å². The molecule has 0 spiro atoms. The number of rotatable bonds is 5. The Morgan fingerprint density at radius 1 is 1.17 bits per heavy atom. The third kappa shape index (κ3) is 5.90. The Bertz CT molecular complexity index is 554. The van der Waals surface area contributed by atoms with Crippen molar-refractivity contribution in [2.24, 2.45) is 5.73 Å². The van der Waals surface area contributed by atoms with Crippen molar-refractivity contribution in [2.75, 3.05) is 11.9 Å². The van der Waals surface area contributed by atoms with Gasteiger partial charge in [-0.1, -0.05) is 25.3 Å². The summed E-state index contributed by atoms with van der Waals surface area (Å²) in [6.07, 6.45) is 5.59. The summed E-state index contributed by atoms with van der Waals surface area (Å²) in [6, 6.07) is 5.65. The highest BCUT2D eigenvalue weighted by molar-refractivity contribution is 5.94. The van der Waals surface area contributed by atoms with Crippen LogP contribution >= 0.6 is 0 Å². The van der Waals surface area contributed by atoms with Crippen LogP contribution in [0, 0.1) is 6.92 Å². The molecule has 0 radical (unpaired) electrons. The second kappa shape index (κ2) is 8.53. The van der Waals surface area contributed by atoms with Gasteiger partial charge in [-0.3, -0.25) is 4.79 Å². The SMILES string of the molecule is Cc1cc(CN)cc(NC(=O)CNC(=O)NC2CCCCC2)c1. The molecule has 0 heterocycles. The van der Waals surface area contributed by atoms with Crippen LogP contribution in [0.1, 0.15) is 43.2 Å². The minimum absolute atomic E-state index is 0.0511. The molecule has 0 aliphatic heterocycles. The molecule has 1 fully saturated rings. The van der Waals surface area contributed by atoms with Crippen molar-refractivity contribution in [1.82, 2.24) is 10.6 Å². The van der Waals surface area contributed by atoms with E-state index in [1.54, 1.807) is 0 Å². The summed E-state index contributed by atoms with van der Waals surface area (Å²) in [5.74, 6) is -0.252. The molecule has 1 aliphatic rings. The second-order valence-corrected chi connectivity index (χ2v) is 6.12. The van der Waals surface area contributed by atoms with E-state index in [0.717, 1.165) is 36.8 Å². The molecule has 1 aromatic carbocycles. The summed E-state index contributed by atoms with van der Waals surface area (Å²) >= 11 is 0. The monoisotopic (exact) mass is 318 g/mol. The Kier molecular flexibility index (Phi) is 6.40. The van der Waals surface area contributed by atoms with Crippen LogP contribution in [0.5, 0.6) is 0 Å². The standard InChI is InChI=1S/C17H26N4O2/c1-12-7-13(10-18)9-15(8-12)20-16(22)11-19-17(23)21-14-5-3-2-4-6-14/h7-9,14H,2-6,10-11,18H2,1H3,(H,20,22)(H2,19,21,23). The summed E-state index contributed by atoms with van der Waals surface area (Å²) in [5, 5.41) is 8.30. The quantitative estimate of drug-likeness (QED) is 0.669. The van der Waals surface area contributed by atoms with E-state index in [2.05, 4.69) is 16.0 Å². The summed E-state index contributed by atoms with van der Waals surface area (Å²) in [4.78, 5) is 23.7. The Labute approximate surface area is 137 Å². The van der Waals surface area contributed by atoms with Crippen molar-refractivity contribution in [3.63, 3.8) is 0 Å². The third-order valence-electron chi connectivity index (χ3n) is 4.01. The molecule has 0 bridgehead atoms. The normalized spacial score (nSPS) is 15.0. The summed E-state index contributed by atoms with van der Waals surface area (Å²) in [5.41, 5.74) is 8.32. The highest BCUT2D eigenvalue weighted by atomic mass is 16.2. The number of amides is 3. The number of nitrogens with two attached hydrogens (primary N) is 1. The topological polar surface area (TPSA) is 96.2 Å². The molecule has 0 saturated heterocycles. The molecule has 2 rings (SSSR count). The van der Waals surface area contributed by atoms with E-state index in [9.17, 15) is 9.59 Å². The molecule has 1 aromatic rings. The van der Waals surface area contributed by atoms with Crippen molar-refractivity contribution in [3.05, 3.63) is 29.3 Å². The number of carbonyl (C=O) groups is 2. The number of hydrogen-bond acceptors (Lipinski definition) is 3. The van der Waals surface area contributed by atoms with Crippen LogP contribution in [0.2, 0.25) is 0 Å². The van der Waals surface area contributed by atoms with Gasteiger partial charge in [-0.2, -0.15) is 0 Å². The summed E-state index contributed by atoms with van der Waals surface area (Å²) < 4.78 is 0. The summed E-state index contributed by atoms with van der Waals surface area (Å²) in [7, 11) is 0. The van der Waals surface area contributed by atoms with Crippen LogP contribution in [0.4, 0.5) is 10.5 Å². The minimum atomic E-state index is -0.279. The number of urea groups is 1. The van der Waals surface area contributed by atoms with Gasteiger partial charge in [-0.25, -0.2) is 4.79 Å². The number of aryl methyl sites for hydroxylation is 1. The number of anilines is 1. The second-order valence-electron chi connectivity index (χ2n) is 6.12. The molecule has 6 nitrogen and oxygen atoms in total. The van der Waals surface area contributed by atoms with Gasteiger partial charge in [0.25, 0.3) is 0 Å². The van der Waals surface area contributed by atoms with Gasteiger partial charge in [-0.05, 0) is 43.0 Å². The van der Waals surface area contributed by atoms with Crippen LogP contribution in [-0.4, -0.2) is 24.5 Å². The lowest BCUT2D eigenvalue weighted by Gasteiger charge is -2.22. The molecule has 1 aliphatic carbocycles. The van der Waals surface area contributed by atoms with E-state index in [-0.39, 0.29) is 24.5 Å². The van der Waals surface area contributed by atoms with Gasteiger partial charge in [0.1, 0.15) is 0 Å². The average Bonchev–Trinajstić information content (AvgIpc) is 2.53. The van der Waals surface area contributed by atoms with E-state index in [1.807, 2.05) is 25.1 Å². The maximum absolute atomic E-state index is 11.9. The van der Waals surface area contributed by atoms with Gasteiger partial charge >= 0.3 is 6.03 Å². The maximum atomic E-state index is 11.9. The highest BCUT2D eigenvalue weighted by Crippen LogP contribution is 2.17. The fourth-order valence-electron chi connectivity index (χ4n) is 2.90. The van der Waals surface area contributed by atoms with Crippen LogP contribution in [0.15, 0.2) is 18.2 Å². The van der Waals surface area contributed by atoms with Crippen molar-refractivity contribution < 1.29 is 9.59 Å². The van der Waals surface area contributed by atoms with E-state index in [4.69, 9.17) is 5.73 Å². The van der Waals surface area contributed by atoms with E-state index in [1.165, 1.54) is 6.42 Å². The van der Waals surface area contributed by atoms with Crippen molar-refractivity contribution in [1.29, 1.82) is 0 Å². The Morgan fingerprint density at radius 3 is 2.61 bits per heavy atom.